The number of amides is 2. The Morgan fingerprint density at radius 1 is 1.13 bits per heavy atom. The van der Waals surface area contributed by atoms with Gasteiger partial charge >= 0.3 is 0 Å². The zero-order valence-corrected chi connectivity index (χ0v) is 17.9. The molecule has 30 heavy (non-hydrogen) atoms. The summed E-state index contributed by atoms with van der Waals surface area (Å²) in [6.07, 6.45) is 0.969. The molecule has 0 radical (unpaired) electrons. The molecular formula is C23H26N4O2S. The van der Waals surface area contributed by atoms with Crippen molar-refractivity contribution >= 4 is 35.0 Å². The summed E-state index contributed by atoms with van der Waals surface area (Å²) in [5, 5.41) is 5.05. The lowest BCUT2D eigenvalue weighted by molar-refractivity contribution is -0.120. The molecule has 2 amide bonds. The number of anilines is 2. The van der Waals surface area contributed by atoms with Crippen molar-refractivity contribution in [2.75, 3.05) is 41.5 Å². The number of nitrogens with zero attached hydrogens (tertiary/aromatic N) is 2. The number of fused-ring (bicyclic) bond motifs is 3. The minimum Gasteiger partial charge on any atom is -0.384 e. The maximum Gasteiger partial charge on any atom is 0.253 e. The van der Waals surface area contributed by atoms with Crippen LogP contribution in [-0.4, -0.2) is 47.9 Å². The Morgan fingerprint density at radius 3 is 2.63 bits per heavy atom. The van der Waals surface area contributed by atoms with Crippen LogP contribution in [0.15, 0.2) is 42.5 Å². The van der Waals surface area contributed by atoms with E-state index in [4.69, 9.17) is 0 Å². The van der Waals surface area contributed by atoms with Crippen LogP contribution in [-0.2, 0) is 11.2 Å². The summed E-state index contributed by atoms with van der Waals surface area (Å²) in [6.45, 7) is 4.29. The lowest BCUT2D eigenvalue weighted by Crippen LogP contribution is -2.38. The molecule has 2 fully saturated rings. The van der Waals surface area contributed by atoms with Gasteiger partial charge in [-0.15, -0.1) is 0 Å². The van der Waals surface area contributed by atoms with Crippen molar-refractivity contribution in [3.8, 4) is 0 Å². The lowest BCUT2D eigenvalue weighted by Gasteiger charge is -2.29. The first-order chi connectivity index (χ1) is 14.7. The van der Waals surface area contributed by atoms with E-state index in [-0.39, 0.29) is 23.8 Å². The fraction of sp³-hybridized carbons (Fsp3) is 0.391. The number of carbonyl (C=O) groups is 2. The van der Waals surface area contributed by atoms with E-state index in [9.17, 15) is 9.59 Å². The first-order valence-electron chi connectivity index (χ1n) is 10.6. The zero-order valence-electron chi connectivity index (χ0n) is 17.1. The summed E-state index contributed by atoms with van der Waals surface area (Å²) in [7, 11) is 0. The van der Waals surface area contributed by atoms with Crippen molar-refractivity contribution < 1.29 is 9.59 Å². The average molecular weight is 423 g/mol. The van der Waals surface area contributed by atoms with Gasteiger partial charge < -0.3 is 10.2 Å². The number of hydrogen-bond acceptors (Lipinski definition) is 5. The van der Waals surface area contributed by atoms with Crippen LogP contribution in [0.1, 0.15) is 34.5 Å². The van der Waals surface area contributed by atoms with Gasteiger partial charge in [0, 0.05) is 42.4 Å². The summed E-state index contributed by atoms with van der Waals surface area (Å²) < 4.78 is 0. The Kier molecular flexibility index (Phi) is 5.16. The second-order valence-electron chi connectivity index (χ2n) is 7.99. The van der Waals surface area contributed by atoms with Gasteiger partial charge in [-0.25, -0.2) is 10.4 Å². The fourth-order valence-corrected chi connectivity index (χ4v) is 5.36. The van der Waals surface area contributed by atoms with E-state index in [0.717, 1.165) is 48.0 Å². The topological polar surface area (TPSA) is 64.7 Å². The standard InChI is InChI=1S/C23H26N4O2S/c1-2-15-3-6-17(7-4-15)27-23(29)19-14-24-20-8-5-16(13-18(20)21(19)25-27)22(28)26-9-11-30-12-10-26/h3-8,13,19,21,24-25H,2,9-12,14H2,1H3. The van der Waals surface area contributed by atoms with Gasteiger partial charge in [0.1, 0.15) is 0 Å². The minimum atomic E-state index is -0.194. The van der Waals surface area contributed by atoms with Gasteiger partial charge in [0.25, 0.3) is 5.91 Å². The Hall–Kier alpha value is -2.51. The molecule has 5 rings (SSSR count). The van der Waals surface area contributed by atoms with Gasteiger partial charge in [-0.05, 0) is 47.9 Å². The van der Waals surface area contributed by atoms with Crippen LogP contribution in [0, 0.1) is 5.92 Å². The van der Waals surface area contributed by atoms with E-state index in [1.165, 1.54) is 5.56 Å². The monoisotopic (exact) mass is 422 g/mol. The summed E-state index contributed by atoms with van der Waals surface area (Å²) in [5.41, 5.74) is 8.19. The molecular weight excluding hydrogens is 396 g/mol. The number of benzene rings is 2. The van der Waals surface area contributed by atoms with Crippen LogP contribution in [0.2, 0.25) is 0 Å². The SMILES string of the molecule is CCc1ccc(N2NC3c4cc(C(=O)N5CCSCC5)ccc4NCC3C2=O)cc1. The normalized spacial score (nSPS) is 23.0. The molecule has 0 bridgehead atoms. The van der Waals surface area contributed by atoms with Crippen molar-refractivity contribution in [3.63, 3.8) is 0 Å². The molecule has 2 aromatic carbocycles. The number of carbonyl (C=O) groups excluding carboxylic acids is 2. The van der Waals surface area contributed by atoms with E-state index in [2.05, 4.69) is 29.8 Å². The molecule has 0 spiro atoms. The molecule has 2 unspecified atom stereocenters. The van der Waals surface area contributed by atoms with Crippen molar-refractivity contribution in [2.24, 2.45) is 5.92 Å². The van der Waals surface area contributed by atoms with E-state index in [0.29, 0.717) is 12.1 Å². The molecule has 0 aliphatic carbocycles. The molecule has 3 aliphatic heterocycles. The molecule has 7 heteroatoms. The quantitative estimate of drug-likeness (QED) is 0.796. The molecule has 2 atom stereocenters. The molecule has 0 saturated carbocycles. The highest BCUT2D eigenvalue weighted by Gasteiger charge is 2.44. The van der Waals surface area contributed by atoms with Crippen molar-refractivity contribution in [2.45, 2.75) is 19.4 Å². The third-order valence-corrected chi connectivity index (χ3v) is 7.20. The highest BCUT2D eigenvalue weighted by molar-refractivity contribution is 7.99. The number of hydrogen-bond donors (Lipinski definition) is 2. The van der Waals surface area contributed by atoms with E-state index >= 15 is 0 Å². The predicted molar refractivity (Wildman–Crippen MR) is 121 cm³/mol. The third-order valence-electron chi connectivity index (χ3n) is 6.26. The second-order valence-corrected chi connectivity index (χ2v) is 9.22. The summed E-state index contributed by atoms with van der Waals surface area (Å²) in [4.78, 5) is 28.0. The summed E-state index contributed by atoms with van der Waals surface area (Å²) >= 11 is 1.89. The molecule has 0 aromatic heterocycles. The molecule has 2 N–H and O–H groups in total. The maximum absolute atomic E-state index is 13.1. The summed E-state index contributed by atoms with van der Waals surface area (Å²) in [6, 6.07) is 13.8. The van der Waals surface area contributed by atoms with E-state index in [1.54, 1.807) is 5.01 Å². The largest absolute Gasteiger partial charge is 0.384 e. The third kappa shape index (κ3) is 3.36. The fourth-order valence-electron chi connectivity index (χ4n) is 4.46. The smallest absolute Gasteiger partial charge is 0.253 e. The molecule has 2 aromatic rings. The van der Waals surface area contributed by atoms with Gasteiger partial charge in [-0.3, -0.25) is 9.59 Å². The van der Waals surface area contributed by atoms with Gasteiger partial charge in [0.2, 0.25) is 5.91 Å². The van der Waals surface area contributed by atoms with Gasteiger partial charge in [-0.2, -0.15) is 11.8 Å². The van der Waals surface area contributed by atoms with Gasteiger partial charge in [0.05, 0.1) is 17.6 Å². The van der Waals surface area contributed by atoms with Crippen LogP contribution in [0.5, 0.6) is 0 Å². The molecule has 6 nitrogen and oxygen atoms in total. The molecule has 3 aliphatic rings. The van der Waals surface area contributed by atoms with Crippen LogP contribution in [0.3, 0.4) is 0 Å². The van der Waals surface area contributed by atoms with E-state index < -0.39 is 0 Å². The van der Waals surface area contributed by atoms with Crippen LogP contribution in [0.4, 0.5) is 11.4 Å². The zero-order chi connectivity index (χ0) is 20.7. The lowest BCUT2D eigenvalue weighted by atomic mass is 9.88. The van der Waals surface area contributed by atoms with Crippen LogP contribution >= 0.6 is 11.8 Å². The van der Waals surface area contributed by atoms with Crippen molar-refractivity contribution in [1.82, 2.24) is 10.3 Å². The highest BCUT2D eigenvalue weighted by Crippen LogP contribution is 2.40. The summed E-state index contributed by atoms with van der Waals surface area (Å²) in [5.74, 6) is 1.93. The Morgan fingerprint density at radius 2 is 1.90 bits per heavy atom. The minimum absolute atomic E-state index is 0.0622. The number of nitrogens with one attached hydrogen (secondary N) is 2. The van der Waals surface area contributed by atoms with Crippen LogP contribution in [0.25, 0.3) is 0 Å². The first-order valence-corrected chi connectivity index (χ1v) is 11.7. The van der Waals surface area contributed by atoms with Crippen LogP contribution < -0.4 is 15.8 Å². The number of rotatable bonds is 3. The van der Waals surface area contributed by atoms with Gasteiger partial charge in [-0.1, -0.05) is 19.1 Å². The number of hydrazine groups is 1. The van der Waals surface area contributed by atoms with E-state index in [1.807, 2.05) is 47.0 Å². The average Bonchev–Trinajstić information content (AvgIpc) is 3.15. The predicted octanol–water partition coefficient (Wildman–Crippen LogP) is 3.07. The Balaban J connectivity index is 1.42. The number of thioether (sulfide) groups is 1. The van der Waals surface area contributed by atoms with Crippen molar-refractivity contribution in [3.05, 3.63) is 59.2 Å². The molecule has 156 valence electrons. The maximum atomic E-state index is 13.1. The van der Waals surface area contributed by atoms with Crippen molar-refractivity contribution in [1.29, 1.82) is 0 Å². The molecule has 3 heterocycles. The second kappa shape index (κ2) is 7.96. The Labute approximate surface area is 181 Å². The first kappa shape index (κ1) is 19.5. The molecule has 2 saturated heterocycles. The highest BCUT2D eigenvalue weighted by atomic mass is 32.2. The Bertz CT molecular complexity index is 972. The number of aryl methyl sites for hydroxylation is 1. The van der Waals surface area contributed by atoms with Gasteiger partial charge in [0.15, 0.2) is 0 Å².